The van der Waals surface area contributed by atoms with Gasteiger partial charge in [-0.2, -0.15) is 5.10 Å². The first-order chi connectivity index (χ1) is 5.95. The van der Waals surface area contributed by atoms with E-state index in [-0.39, 0.29) is 0 Å². The molecule has 1 heterocycles. The van der Waals surface area contributed by atoms with Crippen LogP contribution in [0.4, 0.5) is 0 Å². The van der Waals surface area contributed by atoms with Crippen molar-refractivity contribution < 1.29 is 0 Å². The van der Waals surface area contributed by atoms with E-state index in [0.717, 1.165) is 9.92 Å². The molecule has 2 rings (SSSR count). The van der Waals surface area contributed by atoms with E-state index in [4.69, 9.17) is 0 Å². The lowest BCUT2D eigenvalue weighted by atomic mass is 10.4. The molecule has 0 unspecified atom stereocenters. The molecule has 0 aliphatic carbocycles. The van der Waals surface area contributed by atoms with Gasteiger partial charge in [0.15, 0.2) is 0 Å². The molecular formula is C9H7N2S. The fraction of sp³-hybridized carbons (Fsp3) is 0. The summed E-state index contributed by atoms with van der Waals surface area (Å²) in [5.41, 5.74) is 0. The molecule has 0 saturated carbocycles. The number of aromatic nitrogens is 2. The van der Waals surface area contributed by atoms with Crippen molar-refractivity contribution in [3.05, 3.63) is 42.6 Å². The van der Waals surface area contributed by atoms with Gasteiger partial charge in [0.2, 0.25) is 0 Å². The quantitative estimate of drug-likeness (QED) is 0.759. The van der Waals surface area contributed by atoms with Crippen LogP contribution in [0.5, 0.6) is 0 Å². The lowest BCUT2D eigenvalue weighted by Gasteiger charge is -1.93. The summed E-state index contributed by atoms with van der Waals surface area (Å²) >= 11 is 1.60. The van der Waals surface area contributed by atoms with Gasteiger partial charge >= 0.3 is 0 Å². The summed E-state index contributed by atoms with van der Waals surface area (Å²) < 4.78 is 0. The van der Waals surface area contributed by atoms with E-state index in [1.54, 1.807) is 11.8 Å². The first kappa shape index (κ1) is 7.43. The highest BCUT2D eigenvalue weighted by Gasteiger charge is 1.96. The molecule has 3 heteroatoms. The van der Waals surface area contributed by atoms with E-state index in [2.05, 4.69) is 16.3 Å². The molecule has 0 fully saturated rings. The second-order valence-corrected chi connectivity index (χ2v) is 3.30. The third kappa shape index (κ3) is 1.68. The van der Waals surface area contributed by atoms with Crippen molar-refractivity contribution >= 4 is 11.8 Å². The molecule has 1 radical (unpaired) electrons. The van der Waals surface area contributed by atoms with Gasteiger partial charge in [0.1, 0.15) is 5.03 Å². The van der Waals surface area contributed by atoms with Gasteiger partial charge in [-0.05, 0) is 18.2 Å². The number of nitrogens with one attached hydrogen (secondary N) is 1. The molecule has 0 aliphatic rings. The van der Waals surface area contributed by atoms with Crippen LogP contribution >= 0.6 is 11.8 Å². The third-order valence-corrected chi connectivity index (χ3v) is 2.28. The zero-order valence-corrected chi connectivity index (χ0v) is 7.14. The van der Waals surface area contributed by atoms with Crippen LogP contribution in [0, 0.1) is 6.07 Å². The van der Waals surface area contributed by atoms with Gasteiger partial charge in [0.25, 0.3) is 0 Å². The molecule has 0 atom stereocenters. The Morgan fingerprint density at radius 2 is 2.33 bits per heavy atom. The first-order valence-corrected chi connectivity index (χ1v) is 4.41. The van der Waals surface area contributed by atoms with Crippen molar-refractivity contribution in [2.24, 2.45) is 0 Å². The summed E-state index contributed by atoms with van der Waals surface area (Å²) in [5.74, 6) is 0. The molecule has 12 heavy (non-hydrogen) atoms. The number of hydrogen-bond donors (Lipinski definition) is 1. The normalized spacial score (nSPS) is 10.0. The maximum Gasteiger partial charge on any atom is 0.123 e. The van der Waals surface area contributed by atoms with Gasteiger partial charge in [-0.3, -0.25) is 5.10 Å². The second-order valence-electron chi connectivity index (χ2n) is 2.24. The fourth-order valence-corrected chi connectivity index (χ4v) is 1.59. The van der Waals surface area contributed by atoms with Crippen LogP contribution in [0.1, 0.15) is 0 Å². The van der Waals surface area contributed by atoms with Gasteiger partial charge in [0, 0.05) is 11.1 Å². The predicted octanol–water partition coefficient (Wildman–Crippen LogP) is 2.36. The van der Waals surface area contributed by atoms with Gasteiger partial charge in [-0.15, -0.1) is 0 Å². The highest BCUT2D eigenvalue weighted by atomic mass is 32.2. The lowest BCUT2D eigenvalue weighted by Crippen LogP contribution is -1.72. The Kier molecular flexibility index (Phi) is 2.14. The third-order valence-electron chi connectivity index (χ3n) is 1.37. The largest absolute Gasteiger partial charge is 0.285 e. The number of benzene rings is 1. The van der Waals surface area contributed by atoms with Gasteiger partial charge in [-0.1, -0.05) is 30.0 Å². The lowest BCUT2D eigenvalue weighted by molar-refractivity contribution is 1.00. The second kappa shape index (κ2) is 3.45. The van der Waals surface area contributed by atoms with Gasteiger partial charge < -0.3 is 0 Å². The standard InChI is InChI=1S/C9H7N2S/c1-2-4-8(5-3-1)12-9-6-7-10-11-9/h1-4,6-7H,(H,10,11). The minimum atomic E-state index is 0.970. The average molecular weight is 175 g/mol. The summed E-state index contributed by atoms with van der Waals surface area (Å²) in [4.78, 5) is 1.09. The number of hydrogen-bond acceptors (Lipinski definition) is 2. The Morgan fingerprint density at radius 1 is 1.33 bits per heavy atom. The van der Waals surface area contributed by atoms with Crippen LogP contribution in [-0.2, 0) is 0 Å². The van der Waals surface area contributed by atoms with Crippen molar-refractivity contribution in [1.29, 1.82) is 0 Å². The molecule has 1 aromatic heterocycles. The summed E-state index contributed by atoms with van der Waals surface area (Å²) in [6.07, 6.45) is 1.81. The minimum absolute atomic E-state index is 0.970. The van der Waals surface area contributed by atoms with E-state index in [1.165, 1.54) is 0 Å². The maximum absolute atomic E-state index is 4.03. The average Bonchev–Trinajstić information content (AvgIpc) is 2.59. The maximum atomic E-state index is 4.03. The van der Waals surface area contributed by atoms with E-state index in [9.17, 15) is 0 Å². The Bertz CT molecular complexity index is 329. The molecule has 1 aromatic carbocycles. The van der Waals surface area contributed by atoms with Crippen molar-refractivity contribution in [1.82, 2.24) is 10.2 Å². The van der Waals surface area contributed by atoms with Crippen molar-refractivity contribution in [2.75, 3.05) is 0 Å². The van der Waals surface area contributed by atoms with E-state index in [1.807, 2.05) is 36.5 Å². The molecule has 0 saturated heterocycles. The molecule has 1 N–H and O–H groups in total. The highest BCUT2D eigenvalue weighted by Crippen LogP contribution is 2.23. The van der Waals surface area contributed by atoms with Crippen molar-refractivity contribution in [2.45, 2.75) is 9.92 Å². The highest BCUT2D eigenvalue weighted by molar-refractivity contribution is 7.99. The van der Waals surface area contributed by atoms with Crippen molar-refractivity contribution in [3.8, 4) is 0 Å². The predicted molar refractivity (Wildman–Crippen MR) is 48.0 cm³/mol. The van der Waals surface area contributed by atoms with Crippen molar-refractivity contribution in [3.63, 3.8) is 0 Å². The van der Waals surface area contributed by atoms with Crippen LogP contribution in [0.3, 0.4) is 0 Å². The molecule has 2 nitrogen and oxygen atoms in total. The SMILES string of the molecule is [c]1ccccc1Sc1cc[nH]n1. The molecule has 0 spiro atoms. The number of H-pyrrole nitrogens is 1. The van der Waals surface area contributed by atoms with E-state index in [0.29, 0.717) is 0 Å². The number of aromatic amines is 1. The minimum Gasteiger partial charge on any atom is -0.285 e. The molecule has 2 aromatic rings. The topological polar surface area (TPSA) is 28.7 Å². The van der Waals surface area contributed by atoms with Crippen LogP contribution in [0.25, 0.3) is 0 Å². The Labute approximate surface area is 75.0 Å². The molecule has 0 amide bonds. The smallest absolute Gasteiger partial charge is 0.123 e. The summed E-state index contributed by atoms with van der Waals surface area (Å²) in [6, 6.07) is 12.9. The van der Waals surface area contributed by atoms with E-state index < -0.39 is 0 Å². The fourth-order valence-electron chi connectivity index (χ4n) is 0.857. The van der Waals surface area contributed by atoms with Gasteiger partial charge in [0.05, 0.1) is 0 Å². The molecule has 0 aliphatic heterocycles. The Morgan fingerprint density at radius 3 is 3.00 bits per heavy atom. The Balaban J connectivity index is 2.15. The zero-order chi connectivity index (χ0) is 8.23. The van der Waals surface area contributed by atoms with E-state index >= 15 is 0 Å². The summed E-state index contributed by atoms with van der Waals surface area (Å²) in [6.45, 7) is 0. The monoisotopic (exact) mass is 175 g/mol. The van der Waals surface area contributed by atoms with Gasteiger partial charge in [-0.25, -0.2) is 0 Å². The van der Waals surface area contributed by atoms with Crippen LogP contribution in [0.15, 0.2) is 46.5 Å². The first-order valence-electron chi connectivity index (χ1n) is 3.59. The number of nitrogens with zero attached hydrogens (tertiary/aromatic N) is 1. The number of rotatable bonds is 2. The molecule has 0 bridgehead atoms. The molecular weight excluding hydrogens is 168 g/mol. The van der Waals surface area contributed by atoms with Crippen LogP contribution in [-0.4, -0.2) is 10.2 Å². The zero-order valence-electron chi connectivity index (χ0n) is 6.32. The Hall–Kier alpha value is -1.22. The summed E-state index contributed by atoms with van der Waals surface area (Å²) in [7, 11) is 0. The van der Waals surface area contributed by atoms with Crippen LogP contribution < -0.4 is 0 Å². The molecule has 59 valence electrons. The summed E-state index contributed by atoms with van der Waals surface area (Å²) in [5, 5.41) is 7.76. The van der Waals surface area contributed by atoms with Crippen LogP contribution in [0.2, 0.25) is 0 Å².